The van der Waals surface area contributed by atoms with E-state index in [0.717, 1.165) is 48.5 Å². The summed E-state index contributed by atoms with van der Waals surface area (Å²) in [6.45, 7) is 0. The Kier molecular flexibility index (Phi) is 9.06. The summed E-state index contributed by atoms with van der Waals surface area (Å²) < 4.78 is 102. The number of carbonyl (C=O) groups is 2. The zero-order valence-electron chi connectivity index (χ0n) is 24.5. The molecule has 6 rings (SSSR count). The van der Waals surface area contributed by atoms with Crippen molar-refractivity contribution in [1.82, 2.24) is 0 Å². The van der Waals surface area contributed by atoms with E-state index in [1.165, 1.54) is 12.1 Å². The Morgan fingerprint density at radius 3 is 1.19 bits per heavy atom. The quantitative estimate of drug-likeness (QED) is 0.0806. The molecule has 246 valence electrons. The Bertz CT molecular complexity index is 1800. The van der Waals surface area contributed by atoms with Gasteiger partial charge in [0.1, 0.15) is 23.0 Å². The number of rotatable bonds is 6. The molecule has 0 radical (unpaired) electrons. The van der Waals surface area contributed by atoms with E-state index in [4.69, 9.17) is 20.9 Å². The highest BCUT2D eigenvalue weighted by Gasteiger charge is 2.72. The first-order chi connectivity index (χ1) is 22.7. The number of fused-ring (bicyclic) bond motifs is 1. The first-order valence-corrected chi connectivity index (χ1v) is 14.0. The largest absolute Gasteiger partial charge is 0.457 e. The van der Waals surface area contributed by atoms with Gasteiger partial charge in [0.2, 0.25) is 5.41 Å². The van der Waals surface area contributed by atoms with E-state index in [1.54, 1.807) is 60.7 Å². The topological polar surface area (TPSA) is 114 Å². The van der Waals surface area contributed by atoms with Crippen molar-refractivity contribution in [2.24, 2.45) is 0 Å². The van der Waals surface area contributed by atoms with Gasteiger partial charge in [-0.1, -0.05) is 48.5 Å². The Morgan fingerprint density at radius 2 is 0.854 bits per heavy atom. The van der Waals surface area contributed by atoms with Crippen molar-refractivity contribution < 1.29 is 50.1 Å². The molecule has 7 nitrogen and oxygen atoms in total. The van der Waals surface area contributed by atoms with Crippen LogP contribution in [0.25, 0.3) is 0 Å². The summed E-state index contributed by atoms with van der Waals surface area (Å²) in [7, 11) is 0. The summed E-state index contributed by atoms with van der Waals surface area (Å²) in [6, 6.07) is 26.1. The molecule has 0 spiro atoms. The number of alkyl halides is 6. The summed E-state index contributed by atoms with van der Waals surface area (Å²) in [4.78, 5) is 21.7. The fraction of sp³-hybridized carbons (Fsp3) is 0.0857. The van der Waals surface area contributed by atoms with Gasteiger partial charge >= 0.3 is 24.3 Å². The third-order valence-electron chi connectivity index (χ3n) is 7.16. The summed E-state index contributed by atoms with van der Waals surface area (Å²) >= 11 is 0. The second kappa shape index (κ2) is 13.0. The van der Waals surface area contributed by atoms with Crippen molar-refractivity contribution in [1.29, 1.82) is 0 Å². The van der Waals surface area contributed by atoms with Crippen molar-refractivity contribution in [3.8, 4) is 23.0 Å². The van der Waals surface area contributed by atoms with Crippen LogP contribution >= 0.6 is 0 Å². The van der Waals surface area contributed by atoms with E-state index >= 15 is 0 Å². The molecule has 13 heteroatoms. The number of cyclic esters (lactones) is 2. The Balaban J connectivity index is 0.000000343. The first-order valence-electron chi connectivity index (χ1n) is 14.0. The first kappa shape index (κ1) is 33.4. The second-order valence-corrected chi connectivity index (χ2v) is 10.4. The molecule has 0 amide bonds. The maximum absolute atomic E-state index is 14.4. The van der Waals surface area contributed by atoms with Crippen LogP contribution in [0.3, 0.4) is 0 Å². The van der Waals surface area contributed by atoms with E-state index in [9.17, 15) is 35.9 Å². The molecule has 4 N–H and O–H groups in total. The van der Waals surface area contributed by atoms with Crippen LogP contribution in [0.5, 0.6) is 23.0 Å². The zero-order chi connectivity index (χ0) is 34.7. The molecular weight excluding hydrogens is 642 g/mol. The fourth-order valence-corrected chi connectivity index (χ4v) is 4.99. The third-order valence-corrected chi connectivity index (χ3v) is 7.16. The molecule has 1 aliphatic heterocycles. The molecule has 0 aliphatic carbocycles. The lowest BCUT2D eigenvalue weighted by Crippen LogP contribution is -2.54. The van der Waals surface area contributed by atoms with Gasteiger partial charge in [-0.3, -0.25) is 0 Å². The number of esters is 2. The van der Waals surface area contributed by atoms with Gasteiger partial charge in [0, 0.05) is 23.5 Å². The Labute approximate surface area is 269 Å². The maximum Gasteiger partial charge on any atom is 0.411 e. The molecule has 5 aromatic rings. The lowest BCUT2D eigenvalue weighted by atomic mass is 9.73. The number of halogens is 6. The van der Waals surface area contributed by atoms with E-state index in [-0.39, 0.29) is 23.0 Å². The van der Waals surface area contributed by atoms with Gasteiger partial charge in [-0.25, -0.2) is 9.59 Å². The van der Waals surface area contributed by atoms with Crippen molar-refractivity contribution >= 4 is 23.3 Å². The fourth-order valence-electron chi connectivity index (χ4n) is 4.99. The minimum atomic E-state index is -5.72. The van der Waals surface area contributed by atoms with Crippen LogP contribution in [0.2, 0.25) is 0 Å². The SMILES string of the molecule is Nc1cccc(Oc2ccc(C(c3ccc(Oc4cccc(N)c4)cc3)(C(F)(F)F)C(F)(F)F)cc2)c1.O=C1OC(=O)c2ccccc21. The van der Waals surface area contributed by atoms with E-state index in [2.05, 4.69) is 4.74 Å². The molecule has 0 atom stereocenters. The number of ether oxygens (including phenoxy) is 3. The predicted octanol–water partition coefficient (Wildman–Crippen LogP) is 8.84. The Morgan fingerprint density at radius 1 is 0.479 bits per heavy atom. The minimum Gasteiger partial charge on any atom is -0.457 e. The molecule has 0 fully saturated rings. The summed E-state index contributed by atoms with van der Waals surface area (Å²) in [5.41, 5.74) is 6.48. The number of carbonyl (C=O) groups excluding carboxylic acids is 2. The molecule has 1 aliphatic rings. The molecule has 1 heterocycles. The van der Waals surface area contributed by atoms with Gasteiger partial charge in [-0.15, -0.1) is 0 Å². The lowest BCUT2D eigenvalue weighted by molar-refractivity contribution is -0.288. The highest BCUT2D eigenvalue weighted by Crippen LogP contribution is 2.56. The lowest BCUT2D eigenvalue weighted by Gasteiger charge is -2.38. The molecule has 0 saturated carbocycles. The predicted molar refractivity (Wildman–Crippen MR) is 164 cm³/mol. The number of benzene rings is 5. The van der Waals surface area contributed by atoms with Crippen molar-refractivity contribution in [3.05, 3.63) is 144 Å². The molecule has 48 heavy (non-hydrogen) atoms. The molecular formula is C35H24F6N2O5. The highest BCUT2D eigenvalue weighted by atomic mass is 19.4. The van der Waals surface area contributed by atoms with Crippen LogP contribution in [0.1, 0.15) is 31.8 Å². The van der Waals surface area contributed by atoms with Crippen LogP contribution in [0.15, 0.2) is 121 Å². The van der Waals surface area contributed by atoms with Gasteiger partial charge in [-0.05, 0) is 71.8 Å². The van der Waals surface area contributed by atoms with Crippen molar-refractivity contribution in [2.45, 2.75) is 17.8 Å². The number of nitrogen functional groups attached to an aromatic ring is 2. The van der Waals surface area contributed by atoms with Crippen molar-refractivity contribution in [3.63, 3.8) is 0 Å². The van der Waals surface area contributed by atoms with Gasteiger partial charge in [0.05, 0.1) is 11.1 Å². The normalized spacial score (nSPS) is 12.8. The monoisotopic (exact) mass is 666 g/mol. The summed E-state index contributed by atoms with van der Waals surface area (Å²) in [6.07, 6.45) is -11.4. The van der Waals surface area contributed by atoms with Gasteiger partial charge in [-0.2, -0.15) is 26.3 Å². The standard InChI is InChI=1S/C27H20F6N2O2.C8H4O3/c28-26(29,30)25(27(31,32)33,17-7-11-21(12-8-17)36-23-5-1-3-19(34)15-23)18-9-13-22(14-10-18)37-24-6-2-4-20(35)16-24;9-7-5-3-1-2-4-6(5)8(10)11-7/h1-16H,34-35H2;1-4H. The zero-order valence-corrected chi connectivity index (χ0v) is 24.5. The van der Waals surface area contributed by atoms with Crippen LogP contribution < -0.4 is 20.9 Å². The number of hydrogen-bond acceptors (Lipinski definition) is 7. The highest BCUT2D eigenvalue weighted by molar-refractivity contribution is 6.14. The average molecular weight is 667 g/mol. The second-order valence-electron chi connectivity index (χ2n) is 10.4. The molecule has 0 aromatic heterocycles. The van der Waals surface area contributed by atoms with Gasteiger partial charge < -0.3 is 25.7 Å². The third kappa shape index (κ3) is 6.75. The van der Waals surface area contributed by atoms with Crippen LogP contribution in [0, 0.1) is 0 Å². The average Bonchev–Trinajstić information content (AvgIpc) is 3.31. The molecule has 0 unspecified atom stereocenters. The van der Waals surface area contributed by atoms with Gasteiger partial charge in [0.15, 0.2) is 0 Å². The van der Waals surface area contributed by atoms with Crippen LogP contribution in [-0.4, -0.2) is 24.3 Å². The molecule has 5 aromatic carbocycles. The van der Waals surface area contributed by atoms with Crippen molar-refractivity contribution in [2.75, 3.05) is 11.5 Å². The smallest absolute Gasteiger partial charge is 0.411 e. The number of hydrogen-bond donors (Lipinski definition) is 2. The van der Waals surface area contributed by atoms with E-state index in [0.29, 0.717) is 22.5 Å². The Hall–Kier alpha value is -5.98. The van der Waals surface area contributed by atoms with Crippen LogP contribution in [-0.2, 0) is 10.2 Å². The van der Waals surface area contributed by atoms with Gasteiger partial charge in [0.25, 0.3) is 0 Å². The minimum absolute atomic E-state index is 0.0403. The number of anilines is 2. The number of nitrogens with two attached hydrogens (primary N) is 2. The molecule has 0 bridgehead atoms. The maximum atomic E-state index is 14.4. The van der Waals surface area contributed by atoms with E-state index < -0.39 is 40.8 Å². The van der Waals surface area contributed by atoms with Crippen LogP contribution in [0.4, 0.5) is 37.7 Å². The summed E-state index contributed by atoms with van der Waals surface area (Å²) in [5, 5.41) is 0. The van der Waals surface area contributed by atoms with E-state index in [1.807, 2.05) is 0 Å². The molecule has 0 saturated heterocycles. The summed E-state index contributed by atoms with van der Waals surface area (Å²) in [5.74, 6) is -0.462.